The van der Waals surface area contributed by atoms with Crippen molar-refractivity contribution in [3.05, 3.63) is 23.4 Å². The highest BCUT2D eigenvalue weighted by Crippen LogP contribution is 2.37. The van der Waals surface area contributed by atoms with Crippen molar-refractivity contribution in [2.45, 2.75) is 38.3 Å². The van der Waals surface area contributed by atoms with Gasteiger partial charge in [-0.1, -0.05) is 0 Å². The number of hydrogen-bond acceptors (Lipinski definition) is 4. The number of nitrogens with zero attached hydrogens (tertiary/aromatic N) is 3. The van der Waals surface area contributed by atoms with Gasteiger partial charge in [-0.15, -0.1) is 0 Å². The molecule has 106 valence electrons. The number of rotatable bonds is 5. The lowest BCUT2D eigenvalue weighted by Crippen LogP contribution is -2.57. The molecule has 0 amide bonds. The Bertz CT molecular complexity index is 438. The van der Waals surface area contributed by atoms with Gasteiger partial charge in [0.15, 0.2) is 0 Å². The molecule has 2 N–H and O–H groups in total. The fourth-order valence-electron chi connectivity index (χ4n) is 3.00. The number of pyridine rings is 1. The summed E-state index contributed by atoms with van der Waals surface area (Å²) in [6.45, 7) is 3.67. The number of aromatic nitrogens is 1. The molecule has 1 aromatic rings. The van der Waals surface area contributed by atoms with Crippen molar-refractivity contribution in [2.24, 2.45) is 5.73 Å². The van der Waals surface area contributed by atoms with Crippen molar-refractivity contribution in [1.82, 2.24) is 9.88 Å². The standard InChI is InChI=1S/C15H26N4/c1-12-6-9-17-14(13(12)10-16)19(4)11-15(18(2)3)7-5-8-15/h6,9H,5,7-8,10-11,16H2,1-4H3. The highest BCUT2D eigenvalue weighted by Gasteiger charge is 2.40. The first-order valence-corrected chi connectivity index (χ1v) is 7.03. The van der Waals surface area contributed by atoms with Crippen LogP contribution in [0.5, 0.6) is 0 Å². The smallest absolute Gasteiger partial charge is 0.133 e. The van der Waals surface area contributed by atoms with Crippen LogP contribution < -0.4 is 10.6 Å². The summed E-state index contributed by atoms with van der Waals surface area (Å²) in [5.41, 5.74) is 8.59. The van der Waals surface area contributed by atoms with E-state index in [0.717, 1.165) is 12.4 Å². The predicted molar refractivity (Wildman–Crippen MR) is 80.4 cm³/mol. The number of hydrogen-bond donors (Lipinski definition) is 1. The zero-order chi connectivity index (χ0) is 14.0. The highest BCUT2D eigenvalue weighted by atomic mass is 15.2. The first-order valence-electron chi connectivity index (χ1n) is 7.03. The second-order valence-corrected chi connectivity index (χ2v) is 5.96. The van der Waals surface area contributed by atoms with Gasteiger partial charge >= 0.3 is 0 Å². The van der Waals surface area contributed by atoms with Gasteiger partial charge < -0.3 is 15.5 Å². The molecule has 0 bridgehead atoms. The zero-order valence-corrected chi connectivity index (χ0v) is 12.6. The summed E-state index contributed by atoms with van der Waals surface area (Å²) in [4.78, 5) is 9.18. The lowest BCUT2D eigenvalue weighted by molar-refractivity contribution is 0.0681. The molecule has 1 aliphatic rings. The Kier molecular flexibility index (Phi) is 4.11. The molecule has 0 spiro atoms. The zero-order valence-electron chi connectivity index (χ0n) is 12.6. The maximum atomic E-state index is 5.88. The summed E-state index contributed by atoms with van der Waals surface area (Å²) < 4.78 is 0. The van der Waals surface area contributed by atoms with E-state index in [9.17, 15) is 0 Å². The molecule has 1 heterocycles. The molecule has 1 fully saturated rings. The number of anilines is 1. The minimum Gasteiger partial charge on any atom is -0.358 e. The average Bonchev–Trinajstić information content (AvgIpc) is 2.32. The molecule has 0 atom stereocenters. The topological polar surface area (TPSA) is 45.4 Å². The predicted octanol–water partition coefficient (Wildman–Crippen LogP) is 1.77. The van der Waals surface area contributed by atoms with Crippen molar-refractivity contribution >= 4 is 5.82 Å². The van der Waals surface area contributed by atoms with Crippen LogP contribution in [0.1, 0.15) is 30.4 Å². The van der Waals surface area contributed by atoms with Crippen LogP contribution in [0.2, 0.25) is 0 Å². The number of aryl methyl sites for hydroxylation is 1. The maximum Gasteiger partial charge on any atom is 0.133 e. The van der Waals surface area contributed by atoms with Gasteiger partial charge in [-0.25, -0.2) is 4.98 Å². The Balaban J connectivity index is 2.20. The molecule has 2 rings (SSSR count). The molecule has 4 heteroatoms. The first kappa shape index (κ1) is 14.3. The summed E-state index contributed by atoms with van der Waals surface area (Å²) in [6.07, 6.45) is 5.75. The molecule has 0 unspecified atom stereocenters. The van der Waals surface area contributed by atoms with E-state index in [4.69, 9.17) is 5.73 Å². The monoisotopic (exact) mass is 262 g/mol. The van der Waals surface area contributed by atoms with E-state index >= 15 is 0 Å². The Morgan fingerprint density at radius 2 is 2.00 bits per heavy atom. The van der Waals surface area contributed by atoms with Gasteiger partial charge in [-0.2, -0.15) is 0 Å². The second-order valence-electron chi connectivity index (χ2n) is 5.96. The van der Waals surface area contributed by atoms with Crippen molar-refractivity contribution in [3.8, 4) is 0 Å². The lowest BCUT2D eigenvalue weighted by atomic mass is 9.75. The summed E-state index contributed by atoms with van der Waals surface area (Å²) in [5, 5.41) is 0. The molecule has 0 aromatic carbocycles. The molecular weight excluding hydrogens is 236 g/mol. The van der Waals surface area contributed by atoms with E-state index in [0.29, 0.717) is 12.1 Å². The minimum absolute atomic E-state index is 0.312. The van der Waals surface area contributed by atoms with Crippen LogP contribution in [0.25, 0.3) is 0 Å². The molecule has 1 aliphatic carbocycles. The average molecular weight is 262 g/mol. The first-order chi connectivity index (χ1) is 9.00. The van der Waals surface area contributed by atoms with Crippen LogP contribution in [0.15, 0.2) is 12.3 Å². The molecule has 19 heavy (non-hydrogen) atoms. The molecule has 1 aromatic heterocycles. The van der Waals surface area contributed by atoms with E-state index in [1.807, 2.05) is 12.3 Å². The van der Waals surface area contributed by atoms with Gasteiger partial charge in [0.1, 0.15) is 5.82 Å². The molecule has 1 saturated carbocycles. The summed E-state index contributed by atoms with van der Waals surface area (Å²) in [6, 6.07) is 2.03. The van der Waals surface area contributed by atoms with E-state index < -0.39 is 0 Å². The van der Waals surface area contributed by atoms with Gasteiger partial charge in [0, 0.05) is 37.4 Å². The third-order valence-electron chi connectivity index (χ3n) is 4.60. The van der Waals surface area contributed by atoms with E-state index in [1.165, 1.54) is 30.4 Å². The van der Waals surface area contributed by atoms with Gasteiger partial charge in [0.05, 0.1) is 0 Å². The summed E-state index contributed by atoms with van der Waals surface area (Å²) >= 11 is 0. The fraction of sp³-hybridized carbons (Fsp3) is 0.667. The quantitative estimate of drug-likeness (QED) is 0.878. The molecule has 4 nitrogen and oxygen atoms in total. The van der Waals surface area contributed by atoms with Crippen molar-refractivity contribution < 1.29 is 0 Å². The van der Waals surface area contributed by atoms with Crippen molar-refractivity contribution in [1.29, 1.82) is 0 Å². The summed E-state index contributed by atoms with van der Waals surface area (Å²) in [7, 11) is 6.49. The Morgan fingerprint density at radius 1 is 1.32 bits per heavy atom. The van der Waals surface area contributed by atoms with E-state index in [-0.39, 0.29) is 0 Å². The third kappa shape index (κ3) is 2.60. The molecule has 0 aliphatic heterocycles. The Morgan fingerprint density at radius 3 is 2.47 bits per heavy atom. The van der Waals surface area contributed by atoms with Gasteiger partial charge in [0.25, 0.3) is 0 Å². The van der Waals surface area contributed by atoms with Gasteiger partial charge in [-0.3, -0.25) is 0 Å². The van der Waals surface area contributed by atoms with E-state index in [1.54, 1.807) is 0 Å². The van der Waals surface area contributed by atoms with Crippen LogP contribution in [-0.4, -0.2) is 43.1 Å². The largest absolute Gasteiger partial charge is 0.358 e. The molecule has 0 saturated heterocycles. The van der Waals surface area contributed by atoms with Crippen LogP contribution in [0.3, 0.4) is 0 Å². The van der Waals surface area contributed by atoms with Crippen LogP contribution in [0.4, 0.5) is 5.82 Å². The van der Waals surface area contributed by atoms with Crippen LogP contribution in [-0.2, 0) is 6.54 Å². The SMILES string of the molecule is Cc1ccnc(N(C)CC2(N(C)C)CCC2)c1CN. The van der Waals surface area contributed by atoms with Crippen molar-refractivity contribution in [2.75, 3.05) is 32.6 Å². The Labute approximate surface area is 116 Å². The van der Waals surface area contributed by atoms with E-state index in [2.05, 4.69) is 42.9 Å². The fourth-order valence-corrected chi connectivity index (χ4v) is 3.00. The molecule has 0 radical (unpaired) electrons. The van der Waals surface area contributed by atoms with Crippen LogP contribution in [0, 0.1) is 6.92 Å². The van der Waals surface area contributed by atoms with Crippen molar-refractivity contribution in [3.63, 3.8) is 0 Å². The minimum atomic E-state index is 0.312. The third-order valence-corrected chi connectivity index (χ3v) is 4.60. The van der Waals surface area contributed by atoms with Crippen LogP contribution >= 0.6 is 0 Å². The lowest BCUT2D eigenvalue weighted by Gasteiger charge is -2.49. The number of nitrogens with two attached hydrogens (primary N) is 1. The summed E-state index contributed by atoms with van der Waals surface area (Å²) in [5.74, 6) is 1.04. The second kappa shape index (κ2) is 5.47. The maximum absolute atomic E-state index is 5.88. The molecular formula is C15H26N4. The van der Waals surface area contributed by atoms with Gasteiger partial charge in [-0.05, 0) is 51.9 Å². The number of likely N-dealkylation sites (N-methyl/N-ethyl adjacent to an activating group) is 2. The highest BCUT2D eigenvalue weighted by molar-refractivity contribution is 5.50. The van der Waals surface area contributed by atoms with Gasteiger partial charge in [0.2, 0.25) is 0 Å². The normalized spacial score (nSPS) is 17.4. The Hall–Kier alpha value is -1.13.